The highest BCUT2D eigenvalue weighted by Gasteiger charge is 2.54. The molecule has 3 aliphatic heterocycles. The van der Waals surface area contributed by atoms with Gasteiger partial charge in [0, 0.05) is 25.5 Å². The molecule has 1 saturated heterocycles. The van der Waals surface area contributed by atoms with Gasteiger partial charge in [0.2, 0.25) is 5.96 Å². The van der Waals surface area contributed by atoms with E-state index in [1.807, 2.05) is 54.1 Å². The fourth-order valence-electron chi connectivity index (χ4n) is 3.86. The Kier molecular flexibility index (Phi) is 4.02. The number of rotatable bonds is 4. The van der Waals surface area contributed by atoms with Gasteiger partial charge < -0.3 is 14.7 Å². The SMILES string of the molecule is C=CCN1C(C)=CN2C1=NC1C2C(=O)N(Cc2ccccc2C)C(=O)N1C. The number of nitrogens with zero attached hydrogens (tertiary/aromatic N) is 5. The van der Waals surface area contributed by atoms with E-state index in [9.17, 15) is 9.59 Å². The number of benzene rings is 1. The zero-order valence-corrected chi connectivity index (χ0v) is 15.8. The standard InChI is InChI=1S/C20H23N5O2/c1-5-10-23-14(3)11-24-16-17(21-19(23)24)22(4)20(27)25(18(16)26)12-15-9-7-6-8-13(15)2/h5-9,11,16-17H,1,10,12H2,2-4H3. The van der Waals surface area contributed by atoms with Crippen LogP contribution in [0.5, 0.6) is 0 Å². The van der Waals surface area contributed by atoms with Gasteiger partial charge in [0.25, 0.3) is 5.91 Å². The molecule has 0 radical (unpaired) electrons. The number of fused-ring (bicyclic) bond motifs is 3. The number of aliphatic imine (C=N–C) groups is 1. The lowest BCUT2D eigenvalue weighted by Crippen LogP contribution is -2.63. The van der Waals surface area contributed by atoms with Gasteiger partial charge in [-0.15, -0.1) is 6.58 Å². The highest BCUT2D eigenvalue weighted by Crippen LogP contribution is 2.34. The number of carbonyl (C=O) groups is 2. The lowest BCUT2D eigenvalue weighted by Gasteiger charge is -2.40. The Labute approximate surface area is 158 Å². The van der Waals surface area contributed by atoms with Crippen molar-refractivity contribution < 1.29 is 9.59 Å². The summed E-state index contributed by atoms with van der Waals surface area (Å²) < 4.78 is 0. The number of likely N-dealkylation sites (N-methyl/N-ethyl adjacent to an activating group) is 1. The molecule has 1 aromatic rings. The summed E-state index contributed by atoms with van der Waals surface area (Å²) in [6.07, 6.45) is 3.22. The summed E-state index contributed by atoms with van der Waals surface area (Å²) in [5.41, 5.74) is 3.02. The van der Waals surface area contributed by atoms with E-state index in [0.717, 1.165) is 16.8 Å². The Morgan fingerprint density at radius 1 is 1.19 bits per heavy atom. The summed E-state index contributed by atoms with van der Waals surface area (Å²) in [5.74, 6) is 0.489. The summed E-state index contributed by atoms with van der Waals surface area (Å²) in [6, 6.07) is 6.96. The van der Waals surface area contributed by atoms with Crippen molar-refractivity contribution in [2.45, 2.75) is 32.6 Å². The lowest BCUT2D eigenvalue weighted by molar-refractivity contribution is -0.137. The molecule has 27 heavy (non-hydrogen) atoms. The van der Waals surface area contributed by atoms with Crippen molar-refractivity contribution in [1.82, 2.24) is 19.6 Å². The molecule has 2 unspecified atom stereocenters. The molecule has 1 fully saturated rings. The topological polar surface area (TPSA) is 59.5 Å². The normalized spacial score (nSPS) is 24.1. The summed E-state index contributed by atoms with van der Waals surface area (Å²) in [6.45, 7) is 8.62. The quantitative estimate of drug-likeness (QED) is 0.767. The average Bonchev–Trinajstić information content (AvgIpc) is 3.15. The Balaban J connectivity index is 1.66. The fraction of sp³-hybridized carbons (Fsp3) is 0.350. The largest absolute Gasteiger partial charge is 0.328 e. The lowest BCUT2D eigenvalue weighted by atomic mass is 10.1. The Bertz CT molecular complexity index is 890. The molecule has 0 aliphatic carbocycles. The van der Waals surface area contributed by atoms with Crippen molar-refractivity contribution in [1.29, 1.82) is 0 Å². The van der Waals surface area contributed by atoms with Crippen LogP contribution in [-0.2, 0) is 11.3 Å². The average molecular weight is 365 g/mol. The first-order valence-corrected chi connectivity index (χ1v) is 8.99. The maximum absolute atomic E-state index is 13.3. The first-order valence-electron chi connectivity index (χ1n) is 8.99. The predicted molar refractivity (Wildman–Crippen MR) is 102 cm³/mol. The van der Waals surface area contributed by atoms with E-state index in [1.54, 1.807) is 18.0 Å². The van der Waals surface area contributed by atoms with Gasteiger partial charge in [-0.3, -0.25) is 9.69 Å². The minimum absolute atomic E-state index is 0.213. The van der Waals surface area contributed by atoms with Gasteiger partial charge in [-0.1, -0.05) is 30.3 Å². The van der Waals surface area contributed by atoms with Gasteiger partial charge in [0.15, 0.2) is 12.2 Å². The summed E-state index contributed by atoms with van der Waals surface area (Å²) in [5, 5.41) is 0. The molecule has 7 heteroatoms. The summed E-state index contributed by atoms with van der Waals surface area (Å²) in [4.78, 5) is 37.6. The molecule has 0 spiro atoms. The number of guanidine groups is 1. The Morgan fingerprint density at radius 2 is 1.93 bits per heavy atom. The second kappa shape index (κ2) is 6.26. The summed E-state index contributed by atoms with van der Waals surface area (Å²) in [7, 11) is 1.71. The van der Waals surface area contributed by atoms with Crippen LogP contribution in [0.3, 0.4) is 0 Å². The van der Waals surface area contributed by atoms with Crippen LogP contribution in [-0.4, -0.2) is 63.3 Å². The molecule has 0 saturated carbocycles. The smallest absolute Gasteiger partial charge is 0.311 e. The maximum Gasteiger partial charge on any atom is 0.328 e. The molecule has 7 nitrogen and oxygen atoms in total. The van der Waals surface area contributed by atoms with E-state index >= 15 is 0 Å². The highest BCUT2D eigenvalue weighted by molar-refractivity contribution is 6.04. The molecular formula is C20H23N5O2. The number of hydrogen-bond donors (Lipinski definition) is 0. The number of imide groups is 1. The number of amides is 3. The zero-order valence-electron chi connectivity index (χ0n) is 15.8. The van der Waals surface area contributed by atoms with Crippen LogP contribution >= 0.6 is 0 Å². The van der Waals surface area contributed by atoms with E-state index < -0.39 is 12.2 Å². The third kappa shape index (κ3) is 2.53. The van der Waals surface area contributed by atoms with Crippen molar-refractivity contribution in [3.63, 3.8) is 0 Å². The van der Waals surface area contributed by atoms with Crippen LogP contribution in [0.1, 0.15) is 18.1 Å². The minimum Gasteiger partial charge on any atom is -0.311 e. The second-order valence-corrected chi connectivity index (χ2v) is 7.11. The zero-order chi connectivity index (χ0) is 19.3. The monoisotopic (exact) mass is 365 g/mol. The number of urea groups is 1. The van der Waals surface area contributed by atoms with E-state index in [0.29, 0.717) is 12.5 Å². The molecule has 2 atom stereocenters. The molecular weight excluding hydrogens is 342 g/mol. The first kappa shape index (κ1) is 17.3. The van der Waals surface area contributed by atoms with Crippen LogP contribution in [0.4, 0.5) is 4.79 Å². The molecule has 3 heterocycles. The fourth-order valence-corrected chi connectivity index (χ4v) is 3.86. The highest BCUT2D eigenvalue weighted by atomic mass is 16.2. The van der Waals surface area contributed by atoms with Crippen molar-refractivity contribution in [2.75, 3.05) is 13.6 Å². The minimum atomic E-state index is -0.531. The molecule has 140 valence electrons. The molecule has 0 aromatic heterocycles. The summed E-state index contributed by atoms with van der Waals surface area (Å²) >= 11 is 0. The van der Waals surface area contributed by atoms with E-state index in [-0.39, 0.29) is 18.5 Å². The first-order chi connectivity index (χ1) is 12.9. The molecule has 3 aliphatic rings. The number of hydrogen-bond acceptors (Lipinski definition) is 5. The van der Waals surface area contributed by atoms with Crippen LogP contribution in [0, 0.1) is 6.92 Å². The van der Waals surface area contributed by atoms with Gasteiger partial charge in [0.1, 0.15) is 0 Å². The number of allylic oxidation sites excluding steroid dienone is 1. The molecule has 1 aromatic carbocycles. The Morgan fingerprint density at radius 3 is 2.63 bits per heavy atom. The van der Waals surface area contributed by atoms with Crippen molar-refractivity contribution in [2.24, 2.45) is 4.99 Å². The van der Waals surface area contributed by atoms with E-state index in [1.165, 1.54) is 4.90 Å². The van der Waals surface area contributed by atoms with Crippen LogP contribution in [0.2, 0.25) is 0 Å². The van der Waals surface area contributed by atoms with Gasteiger partial charge in [-0.25, -0.2) is 9.79 Å². The van der Waals surface area contributed by atoms with Crippen molar-refractivity contribution in [3.05, 3.63) is 59.9 Å². The molecule has 0 bridgehead atoms. The number of aryl methyl sites for hydroxylation is 1. The van der Waals surface area contributed by atoms with Gasteiger partial charge in [0.05, 0.1) is 6.54 Å². The van der Waals surface area contributed by atoms with Gasteiger partial charge in [-0.05, 0) is 25.0 Å². The van der Waals surface area contributed by atoms with Crippen LogP contribution in [0.25, 0.3) is 0 Å². The van der Waals surface area contributed by atoms with Crippen molar-refractivity contribution >= 4 is 17.9 Å². The third-order valence-corrected chi connectivity index (χ3v) is 5.40. The maximum atomic E-state index is 13.3. The van der Waals surface area contributed by atoms with E-state index in [2.05, 4.69) is 11.6 Å². The molecule has 0 N–H and O–H groups in total. The van der Waals surface area contributed by atoms with E-state index in [4.69, 9.17) is 0 Å². The number of carbonyl (C=O) groups excluding carboxylic acids is 2. The van der Waals surface area contributed by atoms with Crippen molar-refractivity contribution in [3.8, 4) is 0 Å². The van der Waals surface area contributed by atoms with Gasteiger partial charge in [-0.2, -0.15) is 0 Å². The van der Waals surface area contributed by atoms with Gasteiger partial charge >= 0.3 is 6.03 Å². The Hall–Kier alpha value is -3.09. The molecule has 4 rings (SSSR count). The van der Waals surface area contributed by atoms with Crippen LogP contribution in [0.15, 0.2) is 53.8 Å². The predicted octanol–water partition coefficient (Wildman–Crippen LogP) is 2.12. The third-order valence-electron chi connectivity index (χ3n) is 5.40. The van der Waals surface area contributed by atoms with Crippen LogP contribution < -0.4 is 0 Å². The molecule has 3 amide bonds. The second-order valence-electron chi connectivity index (χ2n) is 7.11.